The monoisotopic (exact) mass is 221 g/mol. The molecule has 16 heavy (non-hydrogen) atoms. The third-order valence-corrected chi connectivity index (χ3v) is 2.60. The summed E-state index contributed by atoms with van der Waals surface area (Å²) in [5, 5.41) is 0. The largest absolute Gasteiger partial charge is 0.469 e. The summed E-state index contributed by atoms with van der Waals surface area (Å²) in [5.41, 5.74) is 7.19. The van der Waals surface area contributed by atoms with Crippen LogP contribution in [0.15, 0.2) is 30.3 Å². The summed E-state index contributed by atoms with van der Waals surface area (Å²) >= 11 is 0. The van der Waals surface area contributed by atoms with Gasteiger partial charge in [-0.1, -0.05) is 37.3 Å². The van der Waals surface area contributed by atoms with Gasteiger partial charge in [-0.3, -0.25) is 4.79 Å². The predicted molar refractivity (Wildman–Crippen MR) is 63.9 cm³/mol. The van der Waals surface area contributed by atoms with Crippen molar-refractivity contribution in [2.24, 2.45) is 11.7 Å². The normalized spacial score (nSPS) is 14.2. The van der Waals surface area contributed by atoms with Gasteiger partial charge in [0.2, 0.25) is 0 Å². The van der Waals surface area contributed by atoms with Crippen LogP contribution in [0.25, 0.3) is 0 Å². The van der Waals surface area contributed by atoms with E-state index in [0.29, 0.717) is 6.42 Å². The molecule has 1 aromatic carbocycles. The molecule has 1 unspecified atom stereocenters. The lowest BCUT2D eigenvalue weighted by Crippen LogP contribution is -2.28. The predicted octanol–water partition coefficient (Wildman–Crippen LogP) is 1.76. The van der Waals surface area contributed by atoms with Crippen LogP contribution in [-0.2, 0) is 16.0 Å². The Bertz CT molecular complexity index is 324. The number of hydrogen-bond donors (Lipinski definition) is 1. The van der Waals surface area contributed by atoms with Gasteiger partial charge in [-0.05, 0) is 18.4 Å². The molecule has 88 valence electrons. The van der Waals surface area contributed by atoms with E-state index in [-0.39, 0.29) is 17.9 Å². The third-order valence-electron chi connectivity index (χ3n) is 2.60. The van der Waals surface area contributed by atoms with Crippen molar-refractivity contribution >= 4 is 5.97 Å². The Hall–Kier alpha value is -1.35. The fraction of sp³-hybridized carbons (Fsp3) is 0.462. The van der Waals surface area contributed by atoms with Crippen molar-refractivity contribution in [3.8, 4) is 0 Å². The minimum atomic E-state index is -0.191. The maximum absolute atomic E-state index is 11.2. The average molecular weight is 221 g/mol. The van der Waals surface area contributed by atoms with Gasteiger partial charge in [0, 0.05) is 6.04 Å². The van der Waals surface area contributed by atoms with Crippen molar-refractivity contribution in [2.45, 2.75) is 25.8 Å². The van der Waals surface area contributed by atoms with Crippen LogP contribution in [0.1, 0.15) is 18.9 Å². The van der Waals surface area contributed by atoms with Crippen molar-refractivity contribution in [3.05, 3.63) is 35.9 Å². The molecule has 0 saturated heterocycles. The van der Waals surface area contributed by atoms with Gasteiger partial charge in [-0.15, -0.1) is 0 Å². The number of methoxy groups -OCH3 is 1. The van der Waals surface area contributed by atoms with Crippen molar-refractivity contribution < 1.29 is 9.53 Å². The highest BCUT2D eigenvalue weighted by Crippen LogP contribution is 2.11. The van der Waals surface area contributed by atoms with E-state index in [1.165, 1.54) is 12.7 Å². The van der Waals surface area contributed by atoms with E-state index in [2.05, 4.69) is 4.74 Å². The van der Waals surface area contributed by atoms with Crippen molar-refractivity contribution in [1.82, 2.24) is 0 Å². The lowest BCUT2D eigenvalue weighted by molar-refractivity contribution is -0.145. The molecule has 0 aliphatic heterocycles. The van der Waals surface area contributed by atoms with Crippen LogP contribution in [0.4, 0.5) is 0 Å². The van der Waals surface area contributed by atoms with Gasteiger partial charge in [0.25, 0.3) is 0 Å². The zero-order chi connectivity index (χ0) is 12.0. The zero-order valence-electron chi connectivity index (χ0n) is 9.85. The molecule has 2 atom stereocenters. The van der Waals surface area contributed by atoms with Crippen LogP contribution in [-0.4, -0.2) is 19.1 Å². The first-order valence-corrected chi connectivity index (χ1v) is 5.50. The molecule has 0 aliphatic rings. The van der Waals surface area contributed by atoms with Gasteiger partial charge in [0.05, 0.1) is 13.0 Å². The molecule has 2 N–H and O–H groups in total. The highest BCUT2D eigenvalue weighted by Gasteiger charge is 2.16. The number of carbonyl (C=O) groups is 1. The fourth-order valence-electron chi connectivity index (χ4n) is 1.75. The second-order valence-electron chi connectivity index (χ2n) is 4.11. The Morgan fingerprint density at radius 3 is 2.56 bits per heavy atom. The molecule has 0 aliphatic carbocycles. The Balaban J connectivity index is 2.42. The molecule has 3 heteroatoms. The van der Waals surface area contributed by atoms with Crippen LogP contribution in [0.5, 0.6) is 0 Å². The Kier molecular flexibility index (Phi) is 4.99. The van der Waals surface area contributed by atoms with Crippen LogP contribution >= 0.6 is 0 Å². The van der Waals surface area contributed by atoms with Gasteiger partial charge in [0.15, 0.2) is 0 Å². The Labute approximate surface area is 96.6 Å². The van der Waals surface area contributed by atoms with Gasteiger partial charge in [-0.2, -0.15) is 0 Å². The van der Waals surface area contributed by atoms with Gasteiger partial charge in [0.1, 0.15) is 0 Å². The molecular weight excluding hydrogens is 202 g/mol. The zero-order valence-corrected chi connectivity index (χ0v) is 9.85. The molecule has 0 spiro atoms. The highest BCUT2D eigenvalue weighted by molar-refractivity contribution is 5.71. The van der Waals surface area contributed by atoms with Crippen molar-refractivity contribution in [1.29, 1.82) is 0 Å². The van der Waals surface area contributed by atoms with Gasteiger partial charge >= 0.3 is 5.97 Å². The van der Waals surface area contributed by atoms with Crippen LogP contribution < -0.4 is 5.73 Å². The molecule has 0 aromatic heterocycles. The number of hydrogen-bond acceptors (Lipinski definition) is 3. The van der Waals surface area contributed by atoms with E-state index in [1.807, 2.05) is 37.3 Å². The first-order valence-electron chi connectivity index (χ1n) is 5.50. The number of rotatable bonds is 5. The number of esters is 1. The third kappa shape index (κ3) is 4.03. The fourth-order valence-corrected chi connectivity index (χ4v) is 1.75. The van der Waals surface area contributed by atoms with Crippen LogP contribution in [0.2, 0.25) is 0 Å². The Morgan fingerprint density at radius 2 is 2.00 bits per heavy atom. The molecular formula is C13H19NO2. The minimum absolute atomic E-state index is 0.00324. The second kappa shape index (κ2) is 6.28. The minimum Gasteiger partial charge on any atom is -0.469 e. The van der Waals surface area contributed by atoms with Crippen LogP contribution in [0, 0.1) is 5.92 Å². The lowest BCUT2D eigenvalue weighted by Gasteiger charge is -2.15. The highest BCUT2D eigenvalue weighted by atomic mass is 16.5. The number of ether oxygens (including phenoxy) is 1. The molecule has 0 bridgehead atoms. The average Bonchev–Trinajstić information content (AvgIpc) is 2.29. The molecule has 0 heterocycles. The molecule has 0 amide bonds. The number of benzene rings is 1. The first kappa shape index (κ1) is 12.7. The number of nitrogens with two attached hydrogens (primary N) is 1. The standard InChI is InChI=1S/C13H19NO2/c1-10(13(15)16-2)8-12(14)9-11-6-4-3-5-7-11/h3-7,10,12H,8-9,14H2,1-2H3/t10?,12-/m1/s1. The SMILES string of the molecule is COC(=O)C(C)C[C@@H](N)Cc1ccccc1. The van der Waals surface area contributed by atoms with Crippen molar-refractivity contribution in [2.75, 3.05) is 7.11 Å². The molecule has 1 aromatic rings. The molecule has 0 saturated carbocycles. The van der Waals surface area contributed by atoms with E-state index >= 15 is 0 Å². The maximum Gasteiger partial charge on any atom is 0.308 e. The van der Waals surface area contributed by atoms with E-state index in [1.54, 1.807) is 0 Å². The van der Waals surface area contributed by atoms with Crippen LogP contribution in [0.3, 0.4) is 0 Å². The Morgan fingerprint density at radius 1 is 1.38 bits per heavy atom. The summed E-state index contributed by atoms with van der Waals surface area (Å²) in [7, 11) is 1.40. The van der Waals surface area contributed by atoms with E-state index in [4.69, 9.17) is 5.73 Å². The second-order valence-corrected chi connectivity index (χ2v) is 4.11. The van der Waals surface area contributed by atoms with E-state index < -0.39 is 0 Å². The quantitative estimate of drug-likeness (QED) is 0.771. The van der Waals surface area contributed by atoms with Gasteiger partial charge < -0.3 is 10.5 Å². The molecule has 0 fully saturated rings. The molecule has 1 rings (SSSR count). The molecule has 3 nitrogen and oxygen atoms in total. The maximum atomic E-state index is 11.2. The van der Waals surface area contributed by atoms with E-state index in [0.717, 1.165) is 6.42 Å². The molecule has 0 radical (unpaired) electrons. The summed E-state index contributed by atoms with van der Waals surface area (Å²) in [6.45, 7) is 1.84. The summed E-state index contributed by atoms with van der Waals surface area (Å²) < 4.78 is 4.67. The van der Waals surface area contributed by atoms with Crippen molar-refractivity contribution in [3.63, 3.8) is 0 Å². The summed E-state index contributed by atoms with van der Waals surface area (Å²) in [6, 6.07) is 10.0. The summed E-state index contributed by atoms with van der Waals surface area (Å²) in [4.78, 5) is 11.2. The lowest BCUT2D eigenvalue weighted by atomic mass is 9.97. The smallest absolute Gasteiger partial charge is 0.308 e. The topological polar surface area (TPSA) is 52.3 Å². The van der Waals surface area contributed by atoms with Gasteiger partial charge in [-0.25, -0.2) is 0 Å². The summed E-state index contributed by atoms with van der Waals surface area (Å²) in [5.74, 6) is -0.327. The number of carbonyl (C=O) groups excluding carboxylic acids is 1. The van der Waals surface area contributed by atoms with E-state index in [9.17, 15) is 4.79 Å². The first-order chi connectivity index (χ1) is 7.63. The summed E-state index contributed by atoms with van der Waals surface area (Å²) in [6.07, 6.45) is 1.45.